The van der Waals surface area contributed by atoms with E-state index in [1.165, 1.54) is 0 Å². The lowest BCUT2D eigenvalue weighted by molar-refractivity contribution is -0.143. The number of carboxylic acid groups (broad SMARTS) is 1. The molecule has 1 saturated heterocycles. The van der Waals surface area contributed by atoms with Crippen molar-refractivity contribution in [3.05, 3.63) is 174 Å². The van der Waals surface area contributed by atoms with E-state index >= 15 is 0 Å². The monoisotopic (exact) mass is 730 g/mol. The predicted molar refractivity (Wildman–Crippen MR) is 213 cm³/mol. The fourth-order valence-corrected chi connectivity index (χ4v) is 7.44. The van der Waals surface area contributed by atoms with E-state index in [0.29, 0.717) is 37.7 Å². The van der Waals surface area contributed by atoms with E-state index in [4.69, 9.17) is 19.6 Å². The molecular weight excluding hydrogens is 689 g/mol. The van der Waals surface area contributed by atoms with Crippen molar-refractivity contribution in [1.82, 2.24) is 14.8 Å². The number of aromatic nitrogens is 3. The molecule has 1 fully saturated rings. The highest BCUT2D eigenvalue weighted by Crippen LogP contribution is 2.40. The molecule has 0 bridgehead atoms. The minimum atomic E-state index is -1.19. The van der Waals surface area contributed by atoms with E-state index < -0.39 is 23.8 Å². The molecule has 2 N–H and O–H groups in total. The minimum absolute atomic E-state index is 0.248. The number of hydrogen-bond donors (Lipinski definition) is 2. The van der Waals surface area contributed by atoms with Gasteiger partial charge in [0.1, 0.15) is 5.69 Å². The van der Waals surface area contributed by atoms with Crippen LogP contribution in [-0.2, 0) is 11.8 Å². The van der Waals surface area contributed by atoms with Gasteiger partial charge in [-0.15, -0.1) is 0 Å². The largest absolute Gasteiger partial charge is 0.481 e. The van der Waals surface area contributed by atoms with E-state index in [1.807, 2.05) is 96.7 Å². The molecule has 8 rings (SSSR count). The van der Waals surface area contributed by atoms with Gasteiger partial charge in [-0.05, 0) is 59.4 Å². The van der Waals surface area contributed by atoms with Crippen LogP contribution in [-0.4, -0.2) is 49.6 Å². The summed E-state index contributed by atoms with van der Waals surface area (Å²) in [6.45, 7) is 1.10. The first-order valence-electron chi connectivity index (χ1n) is 18.5. The number of pyridine rings is 1. The lowest BCUT2D eigenvalue weighted by Gasteiger charge is -2.38. The molecule has 5 aromatic carbocycles. The second-order valence-electron chi connectivity index (χ2n) is 14.1. The van der Waals surface area contributed by atoms with Crippen LogP contribution in [0.1, 0.15) is 53.7 Å². The normalized spacial score (nSPS) is 14.0. The van der Waals surface area contributed by atoms with Crippen molar-refractivity contribution in [1.29, 1.82) is 0 Å². The minimum Gasteiger partial charge on any atom is -0.481 e. The van der Waals surface area contributed by atoms with Crippen LogP contribution in [0.15, 0.2) is 152 Å². The molecule has 0 unspecified atom stereocenters. The Balaban J connectivity index is 1.20. The summed E-state index contributed by atoms with van der Waals surface area (Å²) < 4.78 is 15.6. The van der Waals surface area contributed by atoms with Crippen LogP contribution in [0.2, 0.25) is 0 Å². The fraction of sp³-hybridized carbons (Fsp3) is 0.196. The van der Waals surface area contributed by atoms with Gasteiger partial charge < -0.3 is 24.6 Å². The Bertz CT molecular complexity index is 2300. The molecule has 7 aromatic rings. The molecule has 276 valence electrons. The van der Waals surface area contributed by atoms with Crippen molar-refractivity contribution in [3.8, 4) is 23.0 Å². The fourth-order valence-electron chi connectivity index (χ4n) is 7.44. The van der Waals surface area contributed by atoms with Crippen LogP contribution in [0.5, 0.6) is 11.8 Å². The molecule has 1 aliphatic rings. The zero-order chi connectivity index (χ0) is 37.8. The van der Waals surface area contributed by atoms with E-state index in [-0.39, 0.29) is 6.42 Å². The lowest BCUT2D eigenvalue weighted by atomic mass is 9.88. The van der Waals surface area contributed by atoms with Gasteiger partial charge in [-0.1, -0.05) is 121 Å². The molecule has 0 aliphatic carbocycles. The number of benzene rings is 5. The average Bonchev–Trinajstić information content (AvgIpc) is 3.55. The summed E-state index contributed by atoms with van der Waals surface area (Å²) >= 11 is 0. The number of ether oxygens (including phenoxy) is 2. The second-order valence-corrected chi connectivity index (χ2v) is 14.1. The average molecular weight is 731 g/mol. The number of hydrogen-bond acceptors (Lipinski definition) is 7. The first-order chi connectivity index (χ1) is 26.8. The van der Waals surface area contributed by atoms with Crippen LogP contribution in [0, 0.1) is 0 Å². The number of piperidine rings is 1. The van der Waals surface area contributed by atoms with Crippen molar-refractivity contribution in [2.24, 2.45) is 7.05 Å². The Labute approximate surface area is 320 Å². The number of carboxylic acids is 1. The molecule has 0 spiro atoms. The van der Waals surface area contributed by atoms with E-state index in [0.717, 1.165) is 50.1 Å². The first kappa shape index (κ1) is 35.6. The highest BCUT2D eigenvalue weighted by atomic mass is 16.5. The molecule has 9 heteroatoms. The summed E-state index contributed by atoms with van der Waals surface area (Å²) in [6.07, 6.45) is -0.357. The van der Waals surface area contributed by atoms with Crippen LogP contribution < -0.4 is 14.4 Å². The van der Waals surface area contributed by atoms with Crippen molar-refractivity contribution in [2.45, 2.75) is 37.1 Å². The van der Waals surface area contributed by atoms with E-state index in [1.54, 1.807) is 0 Å². The summed E-state index contributed by atoms with van der Waals surface area (Å²) in [6, 6.07) is 50.5. The van der Waals surface area contributed by atoms with Crippen molar-refractivity contribution >= 4 is 22.6 Å². The summed E-state index contributed by atoms with van der Waals surface area (Å²) in [4.78, 5) is 18.6. The molecule has 0 atom stereocenters. The van der Waals surface area contributed by atoms with Gasteiger partial charge in [-0.25, -0.2) is 0 Å². The Morgan fingerprint density at radius 1 is 0.709 bits per heavy atom. The standard InChI is InChI=1S/C46H42N4O5/c1-49-39-30-36(50-28-26-46(53,27-29-50)31-41(51)52)22-23-37(39)42(48-49)38-24-25-40(54-43(32-14-6-2-7-15-32)33-16-8-3-9-17-33)47-45(38)55-44(34-18-10-4-11-19-34)35-20-12-5-13-21-35/h2-25,30,43-44,53H,26-29,31H2,1H3,(H,51,52). The number of carbonyl (C=O) groups is 1. The first-order valence-corrected chi connectivity index (χ1v) is 18.5. The number of aliphatic carboxylic acids is 1. The quantitative estimate of drug-likeness (QED) is 0.128. The molecule has 0 amide bonds. The van der Waals surface area contributed by atoms with Crippen molar-refractivity contribution in [2.75, 3.05) is 18.0 Å². The zero-order valence-corrected chi connectivity index (χ0v) is 30.5. The molecule has 3 heterocycles. The molecule has 55 heavy (non-hydrogen) atoms. The summed E-state index contributed by atoms with van der Waals surface area (Å²) in [5, 5.41) is 26.1. The molecule has 0 radical (unpaired) electrons. The van der Waals surface area contributed by atoms with Gasteiger partial charge >= 0.3 is 5.97 Å². The third-order valence-corrected chi connectivity index (χ3v) is 10.3. The summed E-state index contributed by atoms with van der Waals surface area (Å²) in [7, 11) is 1.92. The summed E-state index contributed by atoms with van der Waals surface area (Å²) in [5.74, 6) is -0.192. The maximum absolute atomic E-state index is 11.3. The van der Waals surface area contributed by atoms with Gasteiger partial charge in [0, 0.05) is 37.3 Å². The number of aliphatic hydroxyl groups is 1. The highest BCUT2D eigenvalue weighted by molar-refractivity contribution is 5.96. The third kappa shape index (κ3) is 7.79. The predicted octanol–water partition coefficient (Wildman–Crippen LogP) is 8.78. The van der Waals surface area contributed by atoms with Crippen LogP contribution >= 0.6 is 0 Å². The number of aryl methyl sites for hydroxylation is 1. The van der Waals surface area contributed by atoms with Crippen LogP contribution in [0.25, 0.3) is 22.2 Å². The van der Waals surface area contributed by atoms with Gasteiger partial charge in [0.15, 0.2) is 12.2 Å². The van der Waals surface area contributed by atoms with Crippen LogP contribution in [0.3, 0.4) is 0 Å². The molecular formula is C46H42N4O5. The Morgan fingerprint density at radius 2 is 1.22 bits per heavy atom. The van der Waals surface area contributed by atoms with E-state index in [2.05, 4.69) is 71.6 Å². The van der Waals surface area contributed by atoms with Crippen molar-refractivity contribution < 1.29 is 24.5 Å². The van der Waals surface area contributed by atoms with Gasteiger partial charge in [-0.3, -0.25) is 9.48 Å². The maximum Gasteiger partial charge on any atom is 0.306 e. The number of rotatable bonds is 12. The Hall–Kier alpha value is -6.45. The number of nitrogens with zero attached hydrogens (tertiary/aromatic N) is 4. The van der Waals surface area contributed by atoms with Gasteiger partial charge in [0.25, 0.3) is 0 Å². The molecule has 9 nitrogen and oxygen atoms in total. The summed E-state index contributed by atoms with van der Waals surface area (Å²) in [5.41, 5.74) is 6.11. The highest BCUT2D eigenvalue weighted by Gasteiger charge is 2.35. The Kier molecular flexibility index (Phi) is 10.0. The van der Waals surface area contributed by atoms with Gasteiger partial charge in [0.05, 0.1) is 23.1 Å². The zero-order valence-electron chi connectivity index (χ0n) is 30.5. The lowest BCUT2D eigenvalue weighted by Crippen LogP contribution is -2.45. The smallest absolute Gasteiger partial charge is 0.306 e. The number of anilines is 1. The molecule has 2 aromatic heterocycles. The van der Waals surface area contributed by atoms with E-state index in [9.17, 15) is 15.0 Å². The second kappa shape index (κ2) is 15.5. The van der Waals surface area contributed by atoms with Crippen molar-refractivity contribution in [3.63, 3.8) is 0 Å². The molecule has 0 saturated carbocycles. The molecule has 1 aliphatic heterocycles. The topological polar surface area (TPSA) is 110 Å². The Morgan fingerprint density at radius 3 is 1.73 bits per heavy atom. The van der Waals surface area contributed by atoms with Gasteiger partial charge in [-0.2, -0.15) is 10.1 Å². The van der Waals surface area contributed by atoms with Gasteiger partial charge in [0.2, 0.25) is 11.8 Å². The maximum atomic E-state index is 11.3. The van der Waals surface area contributed by atoms with Crippen LogP contribution in [0.4, 0.5) is 5.69 Å². The number of fused-ring (bicyclic) bond motifs is 1. The third-order valence-electron chi connectivity index (χ3n) is 10.3. The SMILES string of the molecule is Cn1nc(-c2ccc(OC(c3ccccc3)c3ccccc3)nc2OC(c2ccccc2)c2ccccc2)c2ccc(N3CCC(O)(CC(=O)O)CC3)cc21.